The second kappa shape index (κ2) is 11.5. The third kappa shape index (κ3) is 7.05. The number of aromatic hydroxyl groups is 2. The van der Waals surface area contributed by atoms with Gasteiger partial charge in [0.2, 0.25) is 0 Å². The van der Waals surface area contributed by atoms with Crippen LogP contribution in [0.1, 0.15) is 64.5 Å². The van der Waals surface area contributed by atoms with Crippen LogP contribution in [0.15, 0.2) is 48.5 Å². The van der Waals surface area contributed by atoms with E-state index in [-0.39, 0.29) is 9.97 Å². The van der Waals surface area contributed by atoms with Crippen molar-refractivity contribution in [3.05, 3.63) is 59.7 Å². The summed E-state index contributed by atoms with van der Waals surface area (Å²) in [5.41, 5.74) is 2.07. The van der Waals surface area contributed by atoms with E-state index in [1.807, 2.05) is 36.4 Å². The second-order valence-electron chi connectivity index (χ2n) is 11.4. The Morgan fingerprint density at radius 1 is 0.824 bits per heavy atom. The highest BCUT2D eigenvalue weighted by Gasteiger charge is 2.48. The molecule has 2 aromatic rings. The maximum atomic E-state index is 10.1. The highest BCUT2D eigenvalue weighted by Crippen LogP contribution is 2.58. The van der Waals surface area contributed by atoms with E-state index in [0.29, 0.717) is 11.5 Å². The number of para-hydroxylation sites is 2. The Labute approximate surface area is 211 Å². The van der Waals surface area contributed by atoms with E-state index >= 15 is 0 Å². The molecule has 3 nitrogen and oxygen atoms in total. The first-order valence-electron chi connectivity index (χ1n) is 12.7. The van der Waals surface area contributed by atoms with E-state index in [4.69, 9.17) is 4.43 Å². The Morgan fingerprint density at radius 3 is 1.76 bits per heavy atom. The minimum absolute atomic E-state index is 0.167. The fourth-order valence-electron chi connectivity index (χ4n) is 4.74. The van der Waals surface area contributed by atoms with E-state index in [1.165, 1.54) is 0 Å². The van der Waals surface area contributed by atoms with Crippen LogP contribution in [0, 0.1) is 0 Å². The largest absolute Gasteiger partial charge is 0.508 e. The maximum Gasteiger partial charge on any atom is 0.194 e. The molecule has 0 aromatic heterocycles. The van der Waals surface area contributed by atoms with E-state index < -0.39 is 18.3 Å². The van der Waals surface area contributed by atoms with Crippen LogP contribution in [0.25, 0.3) is 0 Å². The zero-order valence-electron chi connectivity index (χ0n) is 22.8. The zero-order valence-corrected chi connectivity index (χ0v) is 24.6. The first-order valence-corrected chi connectivity index (χ1v) is 18.2. The van der Waals surface area contributed by atoms with Gasteiger partial charge in [0.15, 0.2) is 8.32 Å². The molecular weight excluding hydrogens is 456 g/mol. The molecule has 0 fully saturated rings. The highest BCUT2D eigenvalue weighted by atomic mass is 32.3. The summed E-state index contributed by atoms with van der Waals surface area (Å²) in [6, 6.07) is 15.4. The predicted octanol–water partition coefficient (Wildman–Crippen LogP) is 8.25. The molecule has 0 heterocycles. The summed E-state index contributed by atoms with van der Waals surface area (Å²) in [7, 11) is -3.06. The lowest BCUT2D eigenvalue weighted by atomic mass is 9.97. The Morgan fingerprint density at radius 2 is 1.29 bits per heavy atom. The molecule has 0 radical (unpaired) electrons. The minimum atomic E-state index is -2.05. The first-order chi connectivity index (χ1) is 15.7. The van der Waals surface area contributed by atoms with Gasteiger partial charge >= 0.3 is 0 Å². The number of phenolic OH excluding ortho intramolecular Hbond substituents is 2. The topological polar surface area (TPSA) is 49.7 Å². The normalized spacial score (nSPS) is 15.2. The molecular formula is C29H48O3SSi. The van der Waals surface area contributed by atoms with E-state index in [2.05, 4.69) is 53.3 Å². The van der Waals surface area contributed by atoms with Crippen molar-refractivity contribution in [2.24, 2.45) is 0 Å². The van der Waals surface area contributed by atoms with E-state index in [1.54, 1.807) is 12.1 Å². The summed E-state index contributed by atoms with van der Waals surface area (Å²) < 4.78 is 7.18. The number of rotatable bonds is 13. The summed E-state index contributed by atoms with van der Waals surface area (Å²) in [4.78, 5) is -0.171. The number of phenols is 2. The van der Waals surface area contributed by atoms with Crippen LogP contribution in [0.5, 0.6) is 11.5 Å². The summed E-state index contributed by atoms with van der Waals surface area (Å²) in [6.07, 6.45) is 10.9. The number of benzene rings is 2. The SMILES string of the molecule is CCC(C)(CCCc1ccccc1O)[Si](C)(C)OC(C)(C)S(C)(C)CCCc1ccccc1O. The van der Waals surface area contributed by atoms with Crippen molar-refractivity contribution in [2.45, 2.75) is 89.3 Å². The predicted molar refractivity (Wildman–Crippen MR) is 153 cm³/mol. The zero-order chi connectivity index (χ0) is 25.6. The molecule has 0 spiro atoms. The van der Waals surface area contributed by atoms with Gasteiger partial charge in [0, 0.05) is 0 Å². The minimum Gasteiger partial charge on any atom is -0.508 e. The molecule has 0 aliphatic heterocycles. The lowest BCUT2D eigenvalue weighted by molar-refractivity contribution is 0.173. The molecule has 192 valence electrons. The van der Waals surface area contributed by atoms with Crippen molar-refractivity contribution in [3.8, 4) is 11.5 Å². The van der Waals surface area contributed by atoms with E-state index in [0.717, 1.165) is 55.4 Å². The first kappa shape index (κ1) is 28.8. The van der Waals surface area contributed by atoms with Crippen LogP contribution in [-0.2, 0) is 17.3 Å². The number of hydrogen-bond donors (Lipinski definition) is 2. The molecule has 2 aromatic carbocycles. The van der Waals surface area contributed by atoms with Crippen LogP contribution in [0.4, 0.5) is 0 Å². The van der Waals surface area contributed by atoms with Crippen molar-refractivity contribution < 1.29 is 14.6 Å². The van der Waals surface area contributed by atoms with Crippen LogP contribution < -0.4 is 0 Å². The molecule has 34 heavy (non-hydrogen) atoms. The van der Waals surface area contributed by atoms with Gasteiger partial charge in [-0.25, -0.2) is 10.0 Å². The van der Waals surface area contributed by atoms with Crippen molar-refractivity contribution in [1.29, 1.82) is 0 Å². The Balaban J connectivity index is 2.02. The quantitative estimate of drug-likeness (QED) is 0.270. The van der Waals surface area contributed by atoms with Gasteiger partial charge in [-0.1, -0.05) is 56.7 Å². The Kier molecular flexibility index (Phi) is 9.77. The molecule has 0 aliphatic carbocycles. The fourth-order valence-corrected chi connectivity index (χ4v) is 10.7. The molecule has 0 saturated carbocycles. The lowest BCUT2D eigenvalue weighted by Crippen LogP contribution is -2.51. The molecule has 0 amide bonds. The van der Waals surface area contributed by atoms with Gasteiger partial charge < -0.3 is 14.6 Å². The maximum absolute atomic E-state index is 10.1. The summed E-state index contributed by atoms with van der Waals surface area (Å²) >= 11 is 0. The lowest BCUT2D eigenvalue weighted by Gasteiger charge is -2.54. The van der Waals surface area contributed by atoms with Gasteiger partial charge in [-0.3, -0.25) is 0 Å². The Bertz CT molecular complexity index is 925. The van der Waals surface area contributed by atoms with Crippen LogP contribution >= 0.6 is 10.0 Å². The van der Waals surface area contributed by atoms with Gasteiger partial charge in [0.05, 0.1) is 4.93 Å². The summed E-state index contributed by atoms with van der Waals surface area (Å²) in [5, 5.41) is 20.4. The molecule has 1 atom stereocenters. The van der Waals surface area contributed by atoms with Gasteiger partial charge in [-0.15, -0.1) is 0 Å². The molecule has 0 bridgehead atoms. The smallest absolute Gasteiger partial charge is 0.194 e. The summed E-state index contributed by atoms with van der Waals surface area (Å²) in [6.45, 7) is 14.1. The fraction of sp³-hybridized carbons (Fsp3) is 0.586. The van der Waals surface area contributed by atoms with E-state index in [9.17, 15) is 10.2 Å². The number of aryl methyl sites for hydroxylation is 2. The summed E-state index contributed by atoms with van der Waals surface area (Å²) in [5.74, 6) is 1.93. The van der Waals surface area contributed by atoms with Crippen LogP contribution in [-0.4, -0.2) is 41.7 Å². The van der Waals surface area contributed by atoms with Crippen molar-refractivity contribution >= 4 is 18.3 Å². The van der Waals surface area contributed by atoms with Crippen LogP contribution in [0.2, 0.25) is 18.1 Å². The molecule has 0 aliphatic rings. The third-order valence-corrected chi connectivity index (χ3v) is 17.1. The molecule has 2 rings (SSSR count). The standard InChI is InChI=1S/C29H48O3SSi/c1-9-29(4,22-14-18-24-16-10-12-20-26(24)30)34(7,8)32-28(2,3)33(5,6)23-15-19-25-17-11-13-21-27(25)31/h10-13,16-17,20-21,30-31H,9,14-15,18-19,22-23H2,1-8H3. The Hall–Kier alpha value is -1.43. The molecule has 2 N–H and O–H groups in total. The molecule has 1 unspecified atom stereocenters. The molecule has 0 saturated heterocycles. The van der Waals surface area contributed by atoms with Gasteiger partial charge in [-0.05, 0) is 106 Å². The average Bonchev–Trinajstić information content (AvgIpc) is 2.75. The average molecular weight is 505 g/mol. The molecule has 5 heteroatoms. The van der Waals surface area contributed by atoms with Crippen molar-refractivity contribution in [3.63, 3.8) is 0 Å². The highest BCUT2D eigenvalue weighted by molar-refractivity contribution is 8.33. The monoisotopic (exact) mass is 504 g/mol. The van der Waals surface area contributed by atoms with Gasteiger partial charge in [-0.2, -0.15) is 0 Å². The van der Waals surface area contributed by atoms with Crippen LogP contribution in [0.3, 0.4) is 0 Å². The van der Waals surface area contributed by atoms with Crippen molar-refractivity contribution in [2.75, 3.05) is 18.3 Å². The second-order valence-corrected chi connectivity index (χ2v) is 20.3. The van der Waals surface area contributed by atoms with Crippen molar-refractivity contribution in [1.82, 2.24) is 0 Å². The van der Waals surface area contributed by atoms with Gasteiger partial charge in [0.25, 0.3) is 0 Å². The third-order valence-electron chi connectivity index (χ3n) is 8.32. The van der Waals surface area contributed by atoms with Gasteiger partial charge in [0.1, 0.15) is 11.5 Å². The number of hydrogen-bond acceptors (Lipinski definition) is 3.